The van der Waals surface area contributed by atoms with Crippen LogP contribution in [0.2, 0.25) is 0 Å². The largest absolute Gasteiger partial charge is 0.247 e. The molecule has 3 heterocycles. The molecule has 3 aromatic heterocycles. The molecule has 3 heteroatoms. The maximum atomic E-state index is 5.23. The first-order valence-corrected chi connectivity index (χ1v) is 16.9. The molecule has 0 amide bonds. The van der Waals surface area contributed by atoms with E-state index in [2.05, 4.69) is 176 Å². The Labute approximate surface area is 289 Å². The van der Waals surface area contributed by atoms with E-state index in [0.29, 0.717) is 0 Å². The summed E-state index contributed by atoms with van der Waals surface area (Å²) in [6, 6.07) is 62.1. The van der Waals surface area contributed by atoms with Crippen LogP contribution in [0.15, 0.2) is 176 Å². The van der Waals surface area contributed by atoms with Gasteiger partial charge in [-0.05, 0) is 51.6 Å². The van der Waals surface area contributed by atoms with Gasteiger partial charge in [-0.15, -0.1) is 0 Å². The third kappa shape index (κ3) is 4.79. The molecule has 0 fully saturated rings. The summed E-state index contributed by atoms with van der Waals surface area (Å²) in [7, 11) is 0. The van der Waals surface area contributed by atoms with Crippen LogP contribution in [-0.4, -0.2) is 15.0 Å². The fraction of sp³-hybridized carbons (Fsp3) is 0. The lowest BCUT2D eigenvalue weighted by Crippen LogP contribution is -1.92. The van der Waals surface area contributed by atoms with Crippen molar-refractivity contribution in [3.05, 3.63) is 176 Å². The second-order valence-corrected chi connectivity index (χ2v) is 12.8. The van der Waals surface area contributed by atoms with Gasteiger partial charge in [0.15, 0.2) is 0 Å². The second kappa shape index (κ2) is 11.5. The van der Waals surface area contributed by atoms with Gasteiger partial charge in [-0.1, -0.05) is 152 Å². The Morgan fingerprint density at radius 1 is 0.260 bits per heavy atom. The Balaban J connectivity index is 1.03. The van der Waals surface area contributed by atoms with Gasteiger partial charge < -0.3 is 0 Å². The molecule has 0 unspecified atom stereocenters. The van der Waals surface area contributed by atoms with Crippen LogP contribution < -0.4 is 0 Å². The molecule has 0 aliphatic heterocycles. The number of hydrogen-bond acceptors (Lipinski definition) is 3. The van der Waals surface area contributed by atoms with Gasteiger partial charge in [0.2, 0.25) is 0 Å². The smallest absolute Gasteiger partial charge is 0.0972 e. The normalized spacial score (nSPS) is 11.6. The SMILES string of the molecule is c1cc(-c2ccc3ccc4ccccc4c3n2)cc(-c2ccc3ccc4ccc(-c5ccc(-c6cccc7ccccc67)cc5)nc4c3n2)c1. The molecule has 10 rings (SSSR count). The van der Waals surface area contributed by atoms with Crippen LogP contribution in [-0.2, 0) is 0 Å². The molecule has 232 valence electrons. The monoisotopic (exact) mass is 635 g/mol. The van der Waals surface area contributed by atoms with Crippen LogP contribution in [0.1, 0.15) is 0 Å². The zero-order valence-corrected chi connectivity index (χ0v) is 27.1. The lowest BCUT2D eigenvalue weighted by molar-refractivity contribution is 1.36. The molecular weight excluding hydrogens is 607 g/mol. The Morgan fingerprint density at radius 2 is 0.700 bits per heavy atom. The van der Waals surface area contributed by atoms with Crippen molar-refractivity contribution in [1.29, 1.82) is 0 Å². The summed E-state index contributed by atoms with van der Waals surface area (Å²) in [5, 5.41) is 8.14. The average Bonchev–Trinajstić information content (AvgIpc) is 3.20. The van der Waals surface area contributed by atoms with E-state index in [0.717, 1.165) is 66.5 Å². The highest BCUT2D eigenvalue weighted by atomic mass is 14.8. The topological polar surface area (TPSA) is 38.7 Å². The van der Waals surface area contributed by atoms with Gasteiger partial charge >= 0.3 is 0 Å². The van der Waals surface area contributed by atoms with Gasteiger partial charge in [0.05, 0.1) is 33.6 Å². The number of rotatable bonds is 4. The maximum absolute atomic E-state index is 5.23. The van der Waals surface area contributed by atoms with Gasteiger partial charge in [0.1, 0.15) is 0 Å². The summed E-state index contributed by atoms with van der Waals surface area (Å²) in [6.07, 6.45) is 0. The number of hydrogen-bond donors (Lipinski definition) is 0. The van der Waals surface area contributed by atoms with Gasteiger partial charge in [-0.2, -0.15) is 0 Å². The molecular formula is C47H29N3. The third-order valence-corrected chi connectivity index (χ3v) is 9.84. The van der Waals surface area contributed by atoms with E-state index in [-0.39, 0.29) is 0 Å². The van der Waals surface area contributed by atoms with Crippen molar-refractivity contribution in [2.75, 3.05) is 0 Å². The van der Waals surface area contributed by atoms with Crippen molar-refractivity contribution in [3.63, 3.8) is 0 Å². The molecule has 0 radical (unpaired) electrons. The predicted octanol–water partition coefficient (Wildman–Crippen LogP) is 12.3. The lowest BCUT2D eigenvalue weighted by Gasteiger charge is -2.10. The fourth-order valence-corrected chi connectivity index (χ4v) is 7.24. The van der Waals surface area contributed by atoms with Crippen LogP contribution in [0.5, 0.6) is 0 Å². The van der Waals surface area contributed by atoms with Gasteiger partial charge in [0.25, 0.3) is 0 Å². The molecule has 0 saturated carbocycles. The van der Waals surface area contributed by atoms with Crippen molar-refractivity contribution in [2.24, 2.45) is 0 Å². The standard InChI is InChI=1S/C47H29N3/c1-3-12-39-30(7-1)9-6-14-40(39)32-15-18-33(19-16-32)42-26-24-35-21-22-36-25-28-44(50-47(36)46(35)49-42)38-11-5-10-37(29-38)43-27-23-34-20-17-31-8-2-4-13-41(31)45(34)48-43/h1-29H. The molecule has 50 heavy (non-hydrogen) atoms. The fourth-order valence-electron chi connectivity index (χ4n) is 7.24. The molecule has 0 aliphatic rings. The Hall–Kier alpha value is -6.71. The highest BCUT2D eigenvalue weighted by molar-refractivity contribution is 6.06. The molecule has 0 atom stereocenters. The minimum Gasteiger partial charge on any atom is -0.247 e. The Morgan fingerprint density at radius 3 is 1.36 bits per heavy atom. The zero-order valence-electron chi connectivity index (χ0n) is 27.1. The number of fused-ring (bicyclic) bond motifs is 7. The zero-order chi connectivity index (χ0) is 33.0. The molecule has 7 aromatic carbocycles. The minimum atomic E-state index is 0.898. The van der Waals surface area contributed by atoms with Gasteiger partial charge in [-0.3, -0.25) is 0 Å². The quantitative estimate of drug-likeness (QED) is 0.181. The van der Waals surface area contributed by atoms with E-state index in [4.69, 9.17) is 15.0 Å². The van der Waals surface area contributed by atoms with Crippen LogP contribution in [0.4, 0.5) is 0 Å². The molecule has 0 saturated heterocycles. The summed E-state index contributed by atoms with van der Waals surface area (Å²) in [4.78, 5) is 15.6. The molecule has 0 N–H and O–H groups in total. The maximum Gasteiger partial charge on any atom is 0.0972 e. The van der Waals surface area contributed by atoms with Crippen molar-refractivity contribution in [3.8, 4) is 44.9 Å². The molecule has 0 bridgehead atoms. The second-order valence-electron chi connectivity index (χ2n) is 12.8. The predicted molar refractivity (Wildman–Crippen MR) is 209 cm³/mol. The summed E-state index contributed by atoms with van der Waals surface area (Å²) in [5.74, 6) is 0. The van der Waals surface area contributed by atoms with Crippen molar-refractivity contribution in [1.82, 2.24) is 15.0 Å². The summed E-state index contributed by atoms with van der Waals surface area (Å²) in [5.41, 5.74) is 11.2. The van der Waals surface area contributed by atoms with Gasteiger partial charge in [0, 0.05) is 38.2 Å². The van der Waals surface area contributed by atoms with E-state index < -0.39 is 0 Å². The van der Waals surface area contributed by atoms with Crippen LogP contribution in [0.25, 0.3) is 99.2 Å². The van der Waals surface area contributed by atoms with Gasteiger partial charge in [-0.25, -0.2) is 15.0 Å². The van der Waals surface area contributed by atoms with E-state index in [1.54, 1.807) is 0 Å². The van der Waals surface area contributed by atoms with Crippen LogP contribution in [0.3, 0.4) is 0 Å². The number of benzene rings is 7. The molecule has 10 aromatic rings. The Bertz CT molecular complexity index is 2920. The summed E-state index contributed by atoms with van der Waals surface area (Å²) >= 11 is 0. The highest BCUT2D eigenvalue weighted by Gasteiger charge is 2.12. The lowest BCUT2D eigenvalue weighted by atomic mass is 9.97. The average molecular weight is 636 g/mol. The number of nitrogens with zero attached hydrogens (tertiary/aromatic N) is 3. The molecule has 0 spiro atoms. The first kappa shape index (κ1) is 28.3. The van der Waals surface area contributed by atoms with Crippen LogP contribution >= 0.6 is 0 Å². The first-order valence-electron chi connectivity index (χ1n) is 16.9. The van der Waals surface area contributed by atoms with Crippen LogP contribution in [0, 0.1) is 0 Å². The number of aromatic nitrogens is 3. The van der Waals surface area contributed by atoms with E-state index in [1.165, 1.54) is 32.7 Å². The summed E-state index contributed by atoms with van der Waals surface area (Å²) in [6.45, 7) is 0. The van der Waals surface area contributed by atoms with Crippen molar-refractivity contribution >= 4 is 54.3 Å². The molecule has 0 aliphatic carbocycles. The Kier molecular flexibility index (Phi) is 6.49. The molecule has 3 nitrogen and oxygen atoms in total. The number of pyridine rings is 3. The first-order chi connectivity index (χ1) is 24.7. The van der Waals surface area contributed by atoms with E-state index >= 15 is 0 Å². The van der Waals surface area contributed by atoms with Crippen molar-refractivity contribution in [2.45, 2.75) is 0 Å². The summed E-state index contributed by atoms with van der Waals surface area (Å²) < 4.78 is 0. The minimum absolute atomic E-state index is 0.898. The van der Waals surface area contributed by atoms with E-state index in [1.807, 2.05) is 0 Å². The van der Waals surface area contributed by atoms with Crippen molar-refractivity contribution < 1.29 is 0 Å². The highest BCUT2D eigenvalue weighted by Crippen LogP contribution is 2.33. The third-order valence-electron chi connectivity index (χ3n) is 9.84. The van der Waals surface area contributed by atoms with E-state index in [9.17, 15) is 0 Å².